The molecule has 0 radical (unpaired) electrons. The van der Waals surface area contributed by atoms with Gasteiger partial charge in [0.05, 0.1) is 16.6 Å². The number of anilines is 1. The molecular weight excluding hydrogens is 307 g/mol. The number of fused-ring (bicyclic) bond motifs is 1. The van der Waals surface area contributed by atoms with Crippen molar-refractivity contribution < 1.29 is 23.6 Å². The normalized spacial score (nSPS) is 12.6. The summed E-state index contributed by atoms with van der Waals surface area (Å²) in [5.74, 6) is -0.995. The smallest absolute Gasteiger partial charge is 0.296 e. The Kier molecular flexibility index (Phi) is 3.80. The Morgan fingerprint density at radius 3 is 2.48 bits per heavy atom. The molecule has 2 aromatic rings. The summed E-state index contributed by atoms with van der Waals surface area (Å²) < 4.78 is 24.2. The van der Waals surface area contributed by atoms with Gasteiger partial charge >= 0.3 is 0 Å². The van der Waals surface area contributed by atoms with Crippen molar-refractivity contribution >= 4 is 17.3 Å². The molecule has 1 aliphatic heterocycles. The number of nitrogens with zero attached hydrogens (tertiary/aromatic N) is 1. The van der Waals surface area contributed by atoms with E-state index in [0.29, 0.717) is 6.61 Å². The van der Waals surface area contributed by atoms with Crippen LogP contribution < -0.4 is 14.8 Å². The number of benzene rings is 2. The van der Waals surface area contributed by atoms with Crippen molar-refractivity contribution in [3.8, 4) is 11.5 Å². The summed E-state index contributed by atoms with van der Waals surface area (Å²) in [7, 11) is 0. The van der Waals surface area contributed by atoms with Crippen LogP contribution in [0.1, 0.15) is 10.4 Å². The van der Waals surface area contributed by atoms with Crippen LogP contribution in [0.5, 0.6) is 11.5 Å². The van der Waals surface area contributed by atoms with Crippen LogP contribution in [0.25, 0.3) is 0 Å². The molecular formula is C15H11FN2O5. The zero-order valence-electron chi connectivity index (χ0n) is 11.7. The van der Waals surface area contributed by atoms with E-state index < -0.39 is 16.6 Å². The third-order valence-corrected chi connectivity index (χ3v) is 3.22. The number of ether oxygens (including phenoxy) is 2. The first kappa shape index (κ1) is 14.8. The number of nitrogens with one attached hydrogen (secondary N) is 1. The van der Waals surface area contributed by atoms with E-state index in [1.807, 2.05) is 0 Å². The Hall–Kier alpha value is -3.16. The van der Waals surface area contributed by atoms with Crippen molar-refractivity contribution in [1.82, 2.24) is 0 Å². The van der Waals surface area contributed by atoms with E-state index in [-0.39, 0.29) is 35.0 Å². The van der Waals surface area contributed by atoms with Crippen LogP contribution in [0.3, 0.4) is 0 Å². The highest BCUT2D eigenvalue weighted by Crippen LogP contribution is 2.39. The maximum absolute atomic E-state index is 13.6. The molecule has 118 valence electrons. The molecule has 0 spiro atoms. The molecule has 0 saturated carbocycles. The zero-order valence-corrected chi connectivity index (χ0v) is 11.7. The van der Waals surface area contributed by atoms with Gasteiger partial charge < -0.3 is 14.8 Å². The topological polar surface area (TPSA) is 90.7 Å². The SMILES string of the molecule is O=C(Nc1cc2c(cc1[N+](=O)[O-])OCCO2)c1ccccc1F. The van der Waals surface area contributed by atoms with Gasteiger partial charge in [0.15, 0.2) is 11.5 Å². The quantitative estimate of drug-likeness (QED) is 0.694. The average Bonchev–Trinajstić information content (AvgIpc) is 2.54. The van der Waals surface area contributed by atoms with E-state index in [9.17, 15) is 19.3 Å². The summed E-state index contributed by atoms with van der Waals surface area (Å²) >= 11 is 0. The Morgan fingerprint density at radius 1 is 1.17 bits per heavy atom. The second kappa shape index (κ2) is 5.91. The van der Waals surface area contributed by atoms with Gasteiger partial charge in [-0.3, -0.25) is 14.9 Å². The molecule has 0 bridgehead atoms. The summed E-state index contributed by atoms with van der Waals surface area (Å²) in [4.78, 5) is 22.7. The van der Waals surface area contributed by atoms with Gasteiger partial charge in [-0.1, -0.05) is 12.1 Å². The number of nitro groups is 1. The number of carbonyl (C=O) groups is 1. The number of rotatable bonds is 3. The van der Waals surface area contributed by atoms with Crippen LogP contribution in [0.4, 0.5) is 15.8 Å². The molecule has 1 amide bonds. The molecule has 0 saturated heterocycles. The summed E-state index contributed by atoms with van der Waals surface area (Å²) in [6.45, 7) is 0.580. The van der Waals surface area contributed by atoms with E-state index in [1.165, 1.54) is 30.3 Å². The minimum atomic E-state index is -0.789. The van der Waals surface area contributed by atoms with Crippen molar-refractivity contribution in [3.05, 3.63) is 57.9 Å². The van der Waals surface area contributed by atoms with Crippen LogP contribution in [0.2, 0.25) is 0 Å². The summed E-state index contributed by atoms with van der Waals surface area (Å²) in [6.07, 6.45) is 0. The number of carbonyl (C=O) groups excluding carboxylic acids is 1. The van der Waals surface area contributed by atoms with Crippen LogP contribution in [0.15, 0.2) is 36.4 Å². The standard InChI is InChI=1S/C15H11FN2O5/c16-10-4-2-1-3-9(10)15(19)17-11-7-13-14(23-6-5-22-13)8-12(11)18(20)21/h1-4,7-8H,5-6H2,(H,17,19). The van der Waals surface area contributed by atoms with E-state index in [1.54, 1.807) is 0 Å². The lowest BCUT2D eigenvalue weighted by molar-refractivity contribution is -0.384. The van der Waals surface area contributed by atoms with Crippen molar-refractivity contribution in [2.75, 3.05) is 18.5 Å². The number of hydrogen-bond acceptors (Lipinski definition) is 5. The van der Waals surface area contributed by atoms with Crippen LogP contribution >= 0.6 is 0 Å². The van der Waals surface area contributed by atoms with Crippen LogP contribution in [-0.2, 0) is 0 Å². The highest BCUT2D eigenvalue weighted by molar-refractivity contribution is 6.05. The molecule has 1 N–H and O–H groups in total. The van der Waals surface area contributed by atoms with Crippen molar-refractivity contribution in [3.63, 3.8) is 0 Å². The molecule has 0 atom stereocenters. The predicted molar refractivity (Wildman–Crippen MR) is 78.4 cm³/mol. The van der Waals surface area contributed by atoms with Gasteiger partial charge in [0.1, 0.15) is 24.7 Å². The Balaban J connectivity index is 1.97. The summed E-state index contributed by atoms with van der Waals surface area (Å²) in [6, 6.07) is 7.83. The molecule has 3 rings (SSSR count). The minimum Gasteiger partial charge on any atom is -0.486 e. The zero-order chi connectivity index (χ0) is 16.4. The fraction of sp³-hybridized carbons (Fsp3) is 0.133. The molecule has 0 fully saturated rings. The van der Waals surface area contributed by atoms with Gasteiger partial charge in [0.25, 0.3) is 11.6 Å². The molecule has 23 heavy (non-hydrogen) atoms. The first-order valence-corrected chi connectivity index (χ1v) is 6.70. The lowest BCUT2D eigenvalue weighted by atomic mass is 10.1. The lowest BCUT2D eigenvalue weighted by Crippen LogP contribution is -2.18. The van der Waals surface area contributed by atoms with Gasteiger partial charge in [-0.2, -0.15) is 0 Å². The minimum absolute atomic E-state index is 0.0903. The number of amides is 1. The Bertz CT molecular complexity index is 793. The maximum Gasteiger partial charge on any atom is 0.296 e. The van der Waals surface area contributed by atoms with Crippen LogP contribution in [-0.4, -0.2) is 24.0 Å². The lowest BCUT2D eigenvalue weighted by Gasteiger charge is -2.19. The van der Waals surface area contributed by atoms with Gasteiger partial charge in [-0.15, -0.1) is 0 Å². The second-order valence-electron chi connectivity index (χ2n) is 4.70. The van der Waals surface area contributed by atoms with Crippen molar-refractivity contribution in [1.29, 1.82) is 0 Å². The van der Waals surface area contributed by atoms with E-state index in [0.717, 1.165) is 6.07 Å². The number of hydrogen-bond donors (Lipinski definition) is 1. The molecule has 7 nitrogen and oxygen atoms in total. The Labute approximate surface area is 129 Å². The first-order chi connectivity index (χ1) is 11.1. The Morgan fingerprint density at radius 2 is 1.83 bits per heavy atom. The van der Waals surface area contributed by atoms with Gasteiger partial charge in [-0.25, -0.2) is 4.39 Å². The number of halogens is 1. The molecule has 8 heteroatoms. The largest absolute Gasteiger partial charge is 0.486 e. The third-order valence-electron chi connectivity index (χ3n) is 3.22. The molecule has 1 aliphatic rings. The molecule has 2 aromatic carbocycles. The number of nitro benzene ring substituents is 1. The van der Waals surface area contributed by atoms with Gasteiger partial charge in [-0.05, 0) is 12.1 Å². The summed E-state index contributed by atoms with van der Waals surface area (Å²) in [5, 5.41) is 13.5. The predicted octanol–water partition coefficient (Wildman–Crippen LogP) is 2.76. The highest BCUT2D eigenvalue weighted by Gasteiger charge is 2.24. The molecule has 1 heterocycles. The first-order valence-electron chi connectivity index (χ1n) is 6.70. The third kappa shape index (κ3) is 2.91. The van der Waals surface area contributed by atoms with Gasteiger partial charge in [0, 0.05) is 6.07 Å². The fourth-order valence-electron chi connectivity index (χ4n) is 2.16. The van der Waals surface area contributed by atoms with Crippen molar-refractivity contribution in [2.24, 2.45) is 0 Å². The molecule has 0 unspecified atom stereocenters. The average molecular weight is 318 g/mol. The van der Waals surface area contributed by atoms with Gasteiger partial charge in [0.2, 0.25) is 0 Å². The molecule has 0 aliphatic carbocycles. The maximum atomic E-state index is 13.6. The highest BCUT2D eigenvalue weighted by atomic mass is 19.1. The van der Waals surface area contributed by atoms with E-state index in [2.05, 4.69) is 5.32 Å². The summed E-state index contributed by atoms with van der Waals surface area (Å²) in [5.41, 5.74) is -0.664. The van der Waals surface area contributed by atoms with Crippen molar-refractivity contribution in [2.45, 2.75) is 0 Å². The van der Waals surface area contributed by atoms with Crippen LogP contribution in [0, 0.1) is 15.9 Å². The fourth-order valence-corrected chi connectivity index (χ4v) is 2.16. The molecule has 0 aromatic heterocycles. The van der Waals surface area contributed by atoms with E-state index >= 15 is 0 Å². The second-order valence-corrected chi connectivity index (χ2v) is 4.70. The van der Waals surface area contributed by atoms with E-state index in [4.69, 9.17) is 9.47 Å². The monoisotopic (exact) mass is 318 g/mol.